The number of hydrogen-bond acceptors (Lipinski definition) is 2. The van der Waals surface area contributed by atoms with Crippen molar-refractivity contribution in [1.29, 1.82) is 0 Å². The number of fused-ring (bicyclic) bond motifs is 1. The average molecular weight is 348 g/mol. The molecule has 2 heterocycles. The zero-order valence-corrected chi connectivity index (χ0v) is 14.8. The third-order valence-electron chi connectivity index (χ3n) is 5.38. The molecule has 122 valence electrons. The van der Waals surface area contributed by atoms with Crippen LogP contribution in [0.1, 0.15) is 43.4 Å². The van der Waals surface area contributed by atoms with Crippen molar-refractivity contribution in [3.63, 3.8) is 0 Å². The minimum Gasteiger partial charge on any atom is -0.340 e. The maximum Gasteiger partial charge on any atom is 0.222 e. The van der Waals surface area contributed by atoms with Crippen LogP contribution < -0.4 is 0 Å². The zero-order valence-electron chi connectivity index (χ0n) is 13.3. The van der Waals surface area contributed by atoms with Crippen LogP contribution in [0.15, 0.2) is 24.3 Å². The van der Waals surface area contributed by atoms with Gasteiger partial charge in [0.25, 0.3) is 0 Å². The van der Waals surface area contributed by atoms with Gasteiger partial charge in [0.2, 0.25) is 5.91 Å². The van der Waals surface area contributed by atoms with Crippen LogP contribution in [0.25, 0.3) is 10.1 Å². The van der Waals surface area contributed by atoms with Gasteiger partial charge in [0.1, 0.15) is 0 Å². The van der Waals surface area contributed by atoms with Crippen LogP contribution in [0.5, 0.6) is 0 Å². The van der Waals surface area contributed by atoms with Gasteiger partial charge in [-0.3, -0.25) is 4.79 Å². The average Bonchev–Trinajstić information content (AvgIpc) is 3.12. The van der Waals surface area contributed by atoms with Gasteiger partial charge in [0, 0.05) is 34.0 Å². The van der Waals surface area contributed by atoms with Crippen LogP contribution >= 0.6 is 22.9 Å². The summed E-state index contributed by atoms with van der Waals surface area (Å²) >= 11 is 8.45. The molecule has 23 heavy (non-hydrogen) atoms. The standard InChI is InChI=1S/C19H22ClNOS/c20-19-15-7-1-2-8-16(15)23-17(19)12-13-5-3-6-14(11-13)21-10-4-9-18(21)22/h1-2,7-8,13-14H,3-6,9-12H2. The predicted molar refractivity (Wildman–Crippen MR) is 97.2 cm³/mol. The van der Waals surface area contributed by atoms with E-state index in [4.69, 9.17) is 11.6 Å². The fourth-order valence-electron chi connectivity index (χ4n) is 4.24. The molecule has 4 rings (SSSR count). The van der Waals surface area contributed by atoms with E-state index in [0.29, 0.717) is 17.9 Å². The molecule has 2 unspecified atom stereocenters. The number of carbonyl (C=O) groups is 1. The van der Waals surface area contributed by atoms with Crippen molar-refractivity contribution in [3.8, 4) is 0 Å². The zero-order chi connectivity index (χ0) is 15.8. The molecule has 1 aliphatic carbocycles. The number of carbonyl (C=O) groups excluding carboxylic acids is 1. The maximum atomic E-state index is 12.0. The number of amides is 1. The molecule has 1 aromatic carbocycles. The van der Waals surface area contributed by atoms with Crippen LogP contribution in [0.4, 0.5) is 0 Å². The van der Waals surface area contributed by atoms with Crippen molar-refractivity contribution in [2.75, 3.05) is 6.54 Å². The lowest BCUT2D eigenvalue weighted by atomic mass is 9.83. The van der Waals surface area contributed by atoms with Crippen molar-refractivity contribution in [1.82, 2.24) is 4.90 Å². The largest absolute Gasteiger partial charge is 0.340 e. The molecule has 1 saturated carbocycles. The quantitative estimate of drug-likeness (QED) is 0.739. The molecule has 2 atom stereocenters. The molecular formula is C19H22ClNOS. The Morgan fingerprint density at radius 3 is 2.87 bits per heavy atom. The normalized spacial score (nSPS) is 25.4. The first-order valence-corrected chi connectivity index (χ1v) is 9.87. The van der Waals surface area contributed by atoms with E-state index in [1.54, 1.807) is 0 Å². The van der Waals surface area contributed by atoms with Gasteiger partial charge >= 0.3 is 0 Å². The Morgan fingerprint density at radius 1 is 1.22 bits per heavy atom. The molecule has 0 N–H and O–H groups in total. The van der Waals surface area contributed by atoms with Crippen molar-refractivity contribution in [2.45, 2.75) is 51.0 Å². The highest BCUT2D eigenvalue weighted by atomic mass is 35.5. The highest BCUT2D eigenvalue weighted by Crippen LogP contribution is 2.39. The molecular weight excluding hydrogens is 326 g/mol. The lowest BCUT2D eigenvalue weighted by Gasteiger charge is -2.35. The summed E-state index contributed by atoms with van der Waals surface area (Å²) in [6, 6.07) is 8.87. The van der Waals surface area contributed by atoms with Crippen molar-refractivity contribution >= 4 is 38.9 Å². The van der Waals surface area contributed by atoms with Gasteiger partial charge in [0.15, 0.2) is 0 Å². The second-order valence-corrected chi connectivity index (χ2v) is 8.43. The number of benzene rings is 1. The molecule has 2 aliphatic rings. The third-order valence-corrected chi connectivity index (χ3v) is 7.12. The number of nitrogens with zero attached hydrogens (tertiary/aromatic N) is 1. The SMILES string of the molecule is O=C1CCCN1C1CCCC(Cc2sc3ccccc3c2Cl)C1. The fourth-order valence-corrected chi connectivity index (χ4v) is 5.87. The Balaban J connectivity index is 1.49. The van der Waals surface area contributed by atoms with Gasteiger partial charge < -0.3 is 4.90 Å². The van der Waals surface area contributed by atoms with Gasteiger partial charge in [0.05, 0.1) is 5.02 Å². The Hall–Kier alpha value is -1.06. The Bertz CT molecular complexity index is 725. The Morgan fingerprint density at radius 2 is 2.09 bits per heavy atom. The number of thiophene rings is 1. The van der Waals surface area contributed by atoms with E-state index in [9.17, 15) is 4.79 Å². The highest BCUT2D eigenvalue weighted by Gasteiger charge is 2.32. The topological polar surface area (TPSA) is 20.3 Å². The summed E-state index contributed by atoms with van der Waals surface area (Å²) in [5.74, 6) is 1.03. The molecule has 0 bridgehead atoms. The molecule has 0 radical (unpaired) electrons. The van der Waals surface area contributed by atoms with Crippen LogP contribution in [0, 0.1) is 5.92 Å². The first kappa shape index (κ1) is 15.5. The summed E-state index contributed by atoms with van der Waals surface area (Å²) in [5, 5.41) is 2.14. The summed E-state index contributed by atoms with van der Waals surface area (Å²) < 4.78 is 1.29. The molecule has 1 amide bonds. The van der Waals surface area contributed by atoms with E-state index in [-0.39, 0.29) is 0 Å². The first-order chi connectivity index (χ1) is 11.2. The second kappa shape index (κ2) is 6.45. The summed E-state index contributed by atoms with van der Waals surface area (Å²) in [6.45, 7) is 0.972. The smallest absolute Gasteiger partial charge is 0.222 e. The number of rotatable bonds is 3. The summed E-state index contributed by atoms with van der Waals surface area (Å²) in [6.07, 6.45) is 7.70. The van der Waals surface area contributed by atoms with E-state index in [1.807, 2.05) is 11.3 Å². The van der Waals surface area contributed by atoms with E-state index in [2.05, 4.69) is 29.2 Å². The Labute approximate surface area is 146 Å². The van der Waals surface area contributed by atoms with Crippen LogP contribution in [-0.2, 0) is 11.2 Å². The van der Waals surface area contributed by atoms with Gasteiger partial charge in [-0.15, -0.1) is 11.3 Å². The first-order valence-electron chi connectivity index (χ1n) is 8.68. The van der Waals surface area contributed by atoms with E-state index >= 15 is 0 Å². The molecule has 1 aromatic heterocycles. The number of hydrogen-bond donors (Lipinski definition) is 0. The van der Waals surface area contributed by atoms with Crippen LogP contribution in [0.3, 0.4) is 0 Å². The van der Waals surface area contributed by atoms with Crippen LogP contribution in [-0.4, -0.2) is 23.4 Å². The second-order valence-electron chi connectivity index (χ2n) is 6.92. The predicted octanol–water partition coefficient (Wildman–Crippen LogP) is 5.28. The monoisotopic (exact) mass is 347 g/mol. The minimum absolute atomic E-state index is 0.371. The number of likely N-dealkylation sites (tertiary alicyclic amines) is 1. The minimum atomic E-state index is 0.371. The van der Waals surface area contributed by atoms with E-state index < -0.39 is 0 Å². The lowest BCUT2D eigenvalue weighted by Crippen LogP contribution is -2.39. The van der Waals surface area contributed by atoms with Crippen molar-refractivity contribution < 1.29 is 4.79 Å². The number of halogens is 1. The van der Waals surface area contributed by atoms with Crippen molar-refractivity contribution in [2.24, 2.45) is 5.92 Å². The Kier molecular flexibility index (Phi) is 4.33. The lowest BCUT2D eigenvalue weighted by molar-refractivity contribution is -0.130. The van der Waals surface area contributed by atoms with E-state index in [0.717, 1.165) is 37.3 Å². The molecule has 4 heteroatoms. The summed E-state index contributed by atoms with van der Waals surface area (Å²) in [7, 11) is 0. The van der Waals surface area contributed by atoms with Gasteiger partial charge in [-0.2, -0.15) is 0 Å². The molecule has 1 aliphatic heterocycles. The van der Waals surface area contributed by atoms with Gasteiger partial charge in [-0.05, 0) is 44.1 Å². The molecule has 2 aromatic rings. The maximum absolute atomic E-state index is 12.0. The highest BCUT2D eigenvalue weighted by molar-refractivity contribution is 7.19. The third kappa shape index (κ3) is 3.01. The summed E-state index contributed by atoms with van der Waals surface area (Å²) in [5.41, 5.74) is 0. The van der Waals surface area contributed by atoms with Gasteiger partial charge in [-0.1, -0.05) is 36.2 Å². The fraction of sp³-hybridized carbons (Fsp3) is 0.526. The molecule has 2 nitrogen and oxygen atoms in total. The van der Waals surface area contributed by atoms with Crippen LogP contribution in [0.2, 0.25) is 5.02 Å². The molecule has 2 fully saturated rings. The summed E-state index contributed by atoms with van der Waals surface area (Å²) in [4.78, 5) is 15.5. The van der Waals surface area contributed by atoms with E-state index in [1.165, 1.54) is 34.2 Å². The van der Waals surface area contributed by atoms with Gasteiger partial charge in [-0.25, -0.2) is 0 Å². The van der Waals surface area contributed by atoms with Crippen molar-refractivity contribution in [3.05, 3.63) is 34.2 Å². The molecule has 1 saturated heterocycles. The molecule has 0 spiro atoms.